The Labute approximate surface area is 145 Å². The Morgan fingerprint density at radius 2 is 1.71 bits per heavy atom. The van der Waals surface area contributed by atoms with Crippen molar-refractivity contribution in [3.05, 3.63) is 29.8 Å². The quantitative estimate of drug-likeness (QED) is 0.566. The minimum atomic E-state index is -0.640. The first-order chi connectivity index (χ1) is 11.4. The minimum absolute atomic E-state index is 0.115. The molecule has 0 bridgehead atoms. The zero-order valence-electron chi connectivity index (χ0n) is 15.3. The lowest BCUT2D eigenvalue weighted by atomic mass is 9.86. The molecule has 0 aliphatic heterocycles. The Balaban J connectivity index is 2.41. The number of hydrogen-bond donors (Lipinski definition) is 2. The van der Waals surface area contributed by atoms with E-state index in [1.165, 1.54) is 0 Å². The molecule has 0 unspecified atom stereocenters. The van der Waals surface area contributed by atoms with Crippen molar-refractivity contribution in [1.29, 1.82) is 0 Å². The summed E-state index contributed by atoms with van der Waals surface area (Å²) in [5, 5.41) is 5.32. The molecule has 0 aliphatic rings. The van der Waals surface area contributed by atoms with Crippen LogP contribution in [0, 0.1) is 0 Å². The standard InChI is InChI=1S/C19H30N2O3/c1-5-6-13-24-14-9-12-20-17(22)18(23)21-16-11-8-7-10-15(16)19(2,3)4/h7-8,10-11H,5-6,9,12-14H2,1-4H3,(H,20,22)(H,21,23). The van der Waals surface area contributed by atoms with Gasteiger partial charge in [-0.15, -0.1) is 0 Å². The van der Waals surface area contributed by atoms with Crippen LogP contribution in [0.2, 0.25) is 0 Å². The lowest BCUT2D eigenvalue weighted by Gasteiger charge is -2.22. The fourth-order valence-electron chi connectivity index (χ4n) is 2.23. The molecule has 0 heterocycles. The van der Waals surface area contributed by atoms with E-state index < -0.39 is 11.8 Å². The minimum Gasteiger partial charge on any atom is -0.381 e. The second-order valence-corrected chi connectivity index (χ2v) is 6.83. The molecule has 0 saturated carbocycles. The summed E-state index contributed by atoms with van der Waals surface area (Å²) in [4.78, 5) is 23.9. The number of hydrogen-bond acceptors (Lipinski definition) is 3. The first kappa shape index (κ1) is 20.2. The first-order valence-corrected chi connectivity index (χ1v) is 8.62. The van der Waals surface area contributed by atoms with Gasteiger partial charge in [-0.3, -0.25) is 9.59 Å². The van der Waals surface area contributed by atoms with E-state index in [0.29, 0.717) is 25.3 Å². The van der Waals surface area contributed by atoms with E-state index in [0.717, 1.165) is 25.0 Å². The Morgan fingerprint density at radius 3 is 2.38 bits per heavy atom. The molecular formula is C19H30N2O3. The third-order valence-electron chi connectivity index (χ3n) is 3.58. The molecule has 2 amide bonds. The van der Waals surface area contributed by atoms with Crippen molar-refractivity contribution < 1.29 is 14.3 Å². The number of amides is 2. The molecule has 0 atom stereocenters. The van der Waals surface area contributed by atoms with E-state index in [9.17, 15) is 9.59 Å². The molecule has 5 heteroatoms. The van der Waals surface area contributed by atoms with Crippen LogP contribution in [-0.4, -0.2) is 31.6 Å². The van der Waals surface area contributed by atoms with E-state index in [1.807, 2.05) is 24.3 Å². The molecule has 1 aromatic carbocycles. The number of unbranched alkanes of at least 4 members (excludes halogenated alkanes) is 1. The first-order valence-electron chi connectivity index (χ1n) is 8.62. The van der Waals surface area contributed by atoms with Crippen LogP contribution in [0.1, 0.15) is 52.5 Å². The van der Waals surface area contributed by atoms with Crippen LogP contribution in [0.25, 0.3) is 0 Å². The highest BCUT2D eigenvalue weighted by Crippen LogP contribution is 2.29. The van der Waals surface area contributed by atoms with Crippen molar-refractivity contribution in [2.75, 3.05) is 25.1 Å². The molecule has 0 saturated heterocycles. The summed E-state index contributed by atoms with van der Waals surface area (Å²) in [5.74, 6) is -1.26. The number of nitrogens with one attached hydrogen (secondary N) is 2. The van der Waals surface area contributed by atoms with E-state index in [4.69, 9.17) is 4.74 Å². The summed E-state index contributed by atoms with van der Waals surface area (Å²) in [6.45, 7) is 10.1. The van der Waals surface area contributed by atoms with Crippen molar-refractivity contribution >= 4 is 17.5 Å². The van der Waals surface area contributed by atoms with Crippen molar-refractivity contribution in [3.8, 4) is 0 Å². The molecule has 1 aromatic rings. The lowest BCUT2D eigenvalue weighted by Crippen LogP contribution is -2.36. The highest BCUT2D eigenvalue weighted by atomic mass is 16.5. The highest BCUT2D eigenvalue weighted by Gasteiger charge is 2.20. The van der Waals surface area contributed by atoms with Gasteiger partial charge in [-0.1, -0.05) is 52.3 Å². The van der Waals surface area contributed by atoms with Gasteiger partial charge in [-0.05, 0) is 29.9 Å². The predicted molar refractivity (Wildman–Crippen MR) is 97.1 cm³/mol. The Hall–Kier alpha value is -1.88. The normalized spacial score (nSPS) is 11.2. The van der Waals surface area contributed by atoms with Gasteiger partial charge in [0.05, 0.1) is 0 Å². The fourth-order valence-corrected chi connectivity index (χ4v) is 2.23. The molecule has 24 heavy (non-hydrogen) atoms. The van der Waals surface area contributed by atoms with E-state index in [2.05, 4.69) is 38.3 Å². The van der Waals surface area contributed by atoms with Gasteiger partial charge in [0.15, 0.2) is 0 Å². The molecule has 0 fully saturated rings. The monoisotopic (exact) mass is 334 g/mol. The van der Waals surface area contributed by atoms with Crippen LogP contribution in [0.3, 0.4) is 0 Å². The van der Waals surface area contributed by atoms with Crippen LogP contribution in [0.5, 0.6) is 0 Å². The maximum atomic E-state index is 12.0. The van der Waals surface area contributed by atoms with Gasteiger partial charge in [0.1, 0.15) is 0 Å². The summed E-state index contributed by atoms with van der Waals surface area (Å²) >= 11 is 0. The number of carbonyl (C=O) groups excluding carboxylic acids is 2. The van der Waals surface area contributed by atoms with Gasteiger partial charge in [0.2, 0.25) is 0 Å². The number of carbonyl (C=O) groups is 2. The van der Waals surface area contributed by atoms with Crippen LogP contribution in [0.4, 0.5) is 5.69 Å². The van der Waals surface area contributed by atoms with Crippen LogP contribution in [0.15, 0.2) is 24.3 Å². The van der Waals surface area contributed by atoms with Crippen molar-refractivity contribution in [1.82, 2.24) is 5.32 Å². The van der Waals surface area contributed by atoms with Crippen LogP contribution in [-0.2, 0) is 19.7 Å². The zero-order chi connectivity index (χ0) is 18.0. The topological polar surface area (TPSA) is 67.4 Å². The summed E-state index contributed by atoms with van der Waals surface area (Å²) < 4.78 is 5.41. The maximum absolute atomic E-state index is 12.0. The average Bonchev–Trinajstić information content (AvgIpc) is 2.53. The maximum Gasteiger partial charge on any atom is 0.313 e. The van der Waals surface area contributed by atoms with Gasteiger partial charge >= 0.3 is 11.8 Å². The fraction of sp³-hybridized carbons (Fsp3) is 0.579. The van der Waals surface area contributed by atoms with E-state index in [1.54, 1.807) is 0 Å². The molecule has 1 rings (SSSR count). The number of para-hydroxylation sites is 1. The number of anilines is 1. The van der Waals surface area contributed by atoms with Crippen molar-refractivity contribution in [3.63, 3.8) is 0 Å². The predicted octanol–water partition coefficient (Wildman–Crippen LogP) is 3.25. The molecule has 2 N–H and O–H groups in total. The Kier molecular flexibility index (Phi) is 8.47. The zero-order valence-corrected chi connectivity index (χ0v) is 15.3. The molecule has 5 nitrogen and oxygen atoms in total. The van der Waals surface area contributed by atoms with E-state index in [-0.39, 0.29) is 5.41 Å². The van der Waals surface area contributed by atoms with Crippen molar-refractivity contribution in [2.45, 2.75) is 52.4 Å². The largest absolute Gasteiger partial charge is 0.381 e. The molecule has 0 aromatic heterocycles. The van der Waals surface area contributed by atoms with E-state index >= 15 is 0 Å². The summed E-state index contributed by atoms with van der Waals surface area (Å²) in [7, 11) is 0. The number of rotatable bonds is 8. The third kappa shape index (κ3) is 7.13. The van der Waals surface area contributed by atoms with Crippen LogP contribution >= 0.6 is 0 Å². The number of benzene rings is 1. The summed E-state index contributed by atoms with van der Waals surface area (Å²) in [6.07, 6.45) is 2.84. The van der Waals surface area contributed by atoms with Gasteiger partial charge in [-0.25, -0.2) is 0 Å². The second-order valence-electron chi connectivity index (χ2n) is 6.83. The Morgan fingerprint density at radius 1 is 1.04 bits per heavy atom. The molecular weight excluding hydrogens is 304 g/mol. The average molecular weight is 334 g/mol. The van der Waals surface area contributed by atoms with Gasteiger partial charge in [-0.2, -0.15) is 0 Å². The SMILES string of the molecule is CCCCOCCCNC(=O)C(=O)Nc1ccccc1C(C)(C)C. The molecule has 0 radical (unpaired) electrons. The summed E-state index contributed by atoms with van der Waals surface area (Å²) in [6, 6.07) is 7.54. The second kappa shape index (κ2) is 10.1. The highest BCUT2D eigenvalue weighted by molar-refractivity contribution is 6.39. The Bertz CT molecular complexity index is 536. The summed E-state index contributed by atoms with van der Waals surface area (Å²) in [5.41, 5.74) is 1.56. The third-order valence-corrected chi connectivity index (χ3v) is 3.58. The smallest absolute Gasteiger partial charge is 0.313 e. The molecule has 0 aliphatic carbocycles. The van der Waals surface area contributed by atoms with Gasteiger partial charge < -0.3 is 15.4 Å². The number of ether oxygens (including phenoxy) is 1. The molecule has 0 spiro atoms. The molecule has 134 valence electrons. The van der Waals surface area contributed by atoms with Gasteiger partial charge in [0, 0.05) is 25.4 Å². The van der Waals surface area contributed by atoms with Crippen molar-refractivity contribution in [2.24, 2.45) is 0 Å². The van der Waals surface area contributed by atoms with Crippen LogP contribution < -0.4 is 10.6 Å². The van der Waals surface area contributed by atoms with Gasteiger partial charge in [0.25, 0.3) is 0 Å². The lowest BCUT2D eigenvalue weighted by molar-refractivity contribution is -0.136.